The van der Waals surface area contributed by atoms with E-state index in [1.807, 2.05) is 6.92 Å². The van der Waals surface area contributed by atoms with Crippen LogP contribution in [0.1, 0.15) is 36.4 Å². The van der Waals surface area contributed by atoms with Crippen LogP contribution in [0.2, 0.25) is 0 Å². The van der Waals surface area contributed by atoms with E-state index >= 15 is 0 Å². The number of amides is 2. The second kappa shape index (κ2) is 7.73. The van der Waals surface area contributed by atoms with Gasteiger partial charge in [0.15, 0.2) is 0 Å². The molecular weight excluding hydrogens is 372 g/mol. The van der Waals surface area contributed by atoms with E-state index in [1.165, 1.54) is 30.2 Å². The topological polar surface area (TPSA) is 86.7 Å². The molecule has 1 aromatic rings. The van der Waals surface area contributed by atoms with Crippen molar-refractivity contribution in [1.29, 1.82) is 0 Å². The maximum absolute atomic E-state index is 12.1. The summed E-state index contributed by atoms with van der Waals surface area (Å²) in [6, 6.07) is 3.43. The second-order valence-electron chi connectivity index (χ2n) is 5.20. The van der Waals surface area contributed by atoms with Crippen LogP contribution in [0.3, 0.4) is 0 Å². The standard InChI is InChI=1S/C14H19BrN2O4S/c1-4-7-14(2,13(20)21)16-11(18)8-17(3)12(19)9-5-6-10(15)22-9/h5-6H,4,7-8H2,1-3H3,(H,16,18)(H,20,21). The molecule has 0 aliphatic rings. The first-order valence-corrected chi connectivity index (χ1v) is 8.35. The van der Waals surface area contributed by atoms with Crippen molar-refractivity contribution in [1.82, 2.24) is 10.2 Å². The van der Waals surface area contributed by atoms with Crippen LogP contribution >= 0.6 is 27.3 Å². The van der Waals surface area contributed by atoms with Gasteiger partial charge in [0.05, 0.1) is 15.2 Å². The number of thiophene rings is 1. The van der Waals surface area contributed by atoms with Gasteiger partial charge in [-0.05, 0) is 41.4 Å². The van der Waals surface area contributed by atoms with Crippen LogP contribution in [0.4, 0.5) is 0 Å². The molecule has 2 N–H and O–H groups in total. The summed E-state index contributed by atoms with van der Waals surface area (Å²) in [5.74, 6) is -1.86. The monoisotopic (exact) mass is 390 g/mol. The van der Waals surface area contributed by atoms with Gasteiger partial charge >= 0.3 is 5.97 Å². The number of carboxylic acid groups (broad SMARTS) is 1. The number of halogens is 1. The third-order valence-electron chi connectivity index (χ3n) is 3.15. The van der Waals surface area contributed by atoms with E-state index in [1.54, 1.807) is 12.1 Å². The zero-order valence-electron chi connectivity index (χ0n) is 12.7. The summed E-state index contributed by atoms with van der Waals surface area (Å²) in [5.41, 5.74) is -1.32. The molecule has 1 heterocycles. The fourth-order valence-corrected chi connectivity index (χ4v) is 3.36. The number of nitrogens with zero attached hydrogens (tertiary/aromatic N) is 1. The third kappa shape index (κ3) is 4.81. The summed E-state index contributed by atoms with van der Waals surface area (Å²) in [6.07, 6.45) is 0.949. The second-order valence-corrected chi connectivity index (χ2v) is 7.66. The number of hydrogen-bond donors (Lipinski definition) is 2. The summed E-state index contributed by atoms with van der Waals surface area (Å²) in [6.45, 7) is 3.12. The van der Waals surface area contributed by atoms with Gasteiger partial charge in [-0.2, -0.15) is 0 Å². The Kier molecular flexibility index (Phi) is 6.55. The van der Waals surface area contributed by atoms with Gasteiger partial charge in [0.25, 0.3) is 5.91 Å². The van der Waals surface area contributed by atoms with Gasteiger partial charge < -0.3 is 15.3 Å². The van der Waals surface area contributed by atoms with Crippen molar-refractivity contribution in [3.63, 3.8) is 0 Å². The van der Waals surface area contributed by atoms with E-state index in [4.69, 9.17) is 0 Å². The molecule has 0 radical (unpaired) electrons. The minimum Gasteiger partial charge on any atom is -0.480 e. The molecule has 1 unspecified atom stereocenters. The maximum Gasteiger partial charge on any atom is 0.329 e. The molecule has 22 heavy (non-hydrogen) atoms. The molecule has 0 fully saturated rings. The number of aliphatic carboxylic acids is 1. The van der Waals surface area contributed by atoms with Crippen molar-refractivity contribution in [3.05, 3.63) is 20.8 Å². The first-order valence-electron chi connectivity index (χ1n) is 6.75. The third-order valence-corrected chi connectivity index (χ3v) is 4.76. The molecule has 1 aromatic heterocycles. The fourth-order valence-electron chi connectivity index (χ4n) is 1.97. The molecule has 8 heteroatoms. The fraction of sp³-hybridized carbons (Fsp3) is 0.500. The maximum atomic E-state index is 12.1. The number of nitrogens with one attached hydrogen (secondary N) is 1. The Morgan fingerprint density at radius 2 is 2.05 bits per heavy atom. The molecular formula is C14H19BrN2O4S. The highest BCUT2D eigenvalue weighted by Crippen LogP contribution is 2.23. The molecule has 1 atom stereocenters. The minimum atomic E-state index is -1.32. The van der Waals surface area contributed by atoms with E-state index < -0.39 is 17.4 Å². The zero-order chi connectivity index (χ0) is 16.9. The Bertz CT molecular complexity index is 575. The molecule has 6 nitrogen and oxygen atoms in total. The first kappa shape index (κ1) is 18.6. The van der Waals surface area contributed by atoms with E-state index in [0.29, 0.717) is 17.7 Å². The predicted molar refractivity (Wildman–Crippen MR) is 88.1 cm³/mol. The molecule has 122 valence electrons. The lowest BCUT2D eigenvalue weighted by atomic mass is 9.96. The summed E-state index contributed by atoms with van der Waals surface area (Å²) >= 11 is 4.55. The van der Waals surface area contributed by atoms with Gasteiger partial charge in [-0.1, -0.05) is 13.3 Å². The Morgan fingerprint density at radius 1 is 1.41 bits per heavy atom. The van der Waals surface area contributed by atoms with Gasteiger partial charge in [0, 0.05) is 7.05 Å². The van der Waals surface area contributed by atoms with Crippen molar-refractivity contribution < 1.29 is 19.5 Å². The molecule has 2 amide bonds. The Morgan fingerprint density at radius 3 is 2.50 bits per heavy atom. The van der Waals surface area contributed by atoms with Crippen molar-refractivity contribution >= 4 is 45.1 Å². The average molecular weight is 391 g/mol. The van der Waals surface area contributed by atoms with Crippen molar-refractivity contribution in [2.24, 2.45) is 0 Å². The van der Waals surface area contributed by atoms with Crippen LogP contribution in [0.15, 0.2) is 15.9 Å². The lowest BCUT2D eigenvalue weighted by Crippen LogP contribution is -2.54. The summed E-state index contributed by atoms with van der Waals surface area (Å²) in [7, 11) is 1.51. The largest absolute Gasteiger partial charge is 0.480 e. The Hall–Kier alpha value is -1.41. The lowest BCUT2D eigenvalue weighted by molar-refractivity contribution is -0.147. The summed E-state index contributed by atoms with van der Waals surface area (Å²) < 4.78 is 0.829. The predicted octanol–water partition coefficient (Wildman–Crippen LogP) is 2.34. The average Bonchev–Trinajstić information content (AvgIpc) is 2.84. The SMILES string of the molecule is CCCC(C)(NC(=O)CN(C)C(=O)c1ccc(Br)s1)C(=O)O. The smallest absolute Gasteiger partial charge is 0.329 e. The molecule has 1 rings (SSSR count). The van der Waals surface area contributed by atoms with E-state index in [9.17, 15) is 19.5 Å². The summed E-state index contributed by atoms with van der Waals surface area (Å²) in [4.78, 5) is 37.2. The Balaban J connectivity index is 2.67. The van der Waals surface area contributed by atoms with Crippen molar-refractivity contribution in [2.45, 2.75) is 32.2 Å². The highest BCUT2D eigenvalue weighted by atomic mass is 79.9. The molecule has 0 saturated heterocycles. The van der Waals surface area contributed by atoms with Gasteiger partial charge in [-0.25, -0.2) is 4.79 Å². The number of carboxylic acids is 1. The van der Waals surface area contributed by atoms with Gasteiger partial charge in [0.2, 0.25) is 5.91 Å². The van der Waals surface area contributed by atoms with E-state index in [2.05, 4.69) is 21.2 Å². The number of likely N-dealkylation sites (N-methyl/N-ethyl adjacent to an activating group) is 1. The van der Waals surface area contributed by atoms with Crippen molar-refractivity contribution in [2.75, 3.05) is 13.6 Å². The van der Waals surface area contributed by atoms with Gasteiger partial charge in [0.1, 0.15) is 5.54 Å². The first-order chi connectivity index (χ1) is 10.2. The minimum absolute atomic E-state index is 0.194. The number of carbonyl (C=O) groups is 3. The van der Waals surface area contributed by atoms with Crippen LogP contribution in [-0.4, -0.2) is 46.9 Å². The van der Waals surface area contributed by atoms with E-state index in [0.717, 1.165) is 3.79 Å². The van der Waals surface area contributed by atoms with Gasteiger partial charge in [-0.15, -0.1) is 11.3 Å². The number of rotatable bonds is 7. The Labute approximate surface area is 141 Å². The number of carbonyl (C=O) groups excluding carboxylic acids is 2. The summed E-state index contributed by atoms with van der Waals surface area (Å²) in [5, 5.41) is 11.7. The number of hydrogen-bond acceptors (Lipinski definition) is 4. The van der Waals surface area contributed by atoms with Crippen molar-refractivity contribution in [3.8, 4) is 0 Å². The molecule has 0 aliphatic carbocycles. The van der Waals surface area contributed by atoms with E-state index in [-0.39, 0.29) is 12.5 Å². The van der Waals surface area contributed by atoms with Crippen LogP contribution in [-0.2, 0) is 9.59 Å². The zero-order valence-corrected chi connectivity index (χ0v) is 15.1. The van der Waals surface area contributed by atoms with Crippen LogP contribution < -0.4 is 5.32 Å². The normalized spacial score (nSPS) is 13.3. The molecule has 0 aromatic carbocycles. The highest BCUT2D eigenvalue weighted by molar-refractivity contribution is 9.11. The quantitative estimate of drug-likeness (QED) is 0.747. The molecule has 0 spiro atoms. The molecule has 0 saturated carbocycles. The highest BCUT2D eigenvalue weighted by Gasteiger charge is 2.34. The molecule has 0 aliphatic heterocycles. The lowest BCUT2D eigenvalue weighted by Gasteiger charge is -2.27. The van der Waals surface area contributed by atoms with Crippen LogP contribution in [0, 0.1) is 0 Å². The van der Waals surface area contributed by atoms with Gasteiger partial charge in [-0.3, -0.25) is 9.59 Å². The molecule has 0 bridgehead atoms. The van der Waals surface area contributed by atoms with Crippen LogP contribution in [0.25, 0.3) is 0 Å². The van der Waals surface area contributed by atoms with Crippen LogP contribution in [0.5, 0.6) is 0 Å².